The monoisotopic (exact) mass is 391 g/mol. The van der Waals surface area contributed by atoms with Gasteiger partial charge in [0, 0.05) is 41.4 Å². The molecule has 2 aromatic carbocycles. The van der Waals surface area contributed by atoms with E-state index in [1.807, 2.05) is 30.3 Å². The number of rotatable bonds is 5. The summed E-state index contributed by atoms with van der Waals surface area (Å²) in [6.07, 6.45) is 1.97. The number of hydrogen-bond donors (Lipinski definition) is 2. The second-order valence-electron chi connectivity index (χ2n) is 6.98. The van der Waals surface area contributed by atoms with Crippen molar-refractivity contribution in [2.24, 2.45) is 0 Å². The van der Waals surface area contributed by atoms with Gasteiger partial charge in [0.2, 0.25) is 5.91 Å². The van der Waals surface area contributed by atoms with E-state index in [-0.39, 0.29) is 5.91 Å². The summed E-state index contributed by atoms with van der Waals surface area (Å²) in [6.45, 7) is 2.20. The first kappa shape index (κ1) is 18.7. The Labute approximate surface area is 167 Å². The van der Waals surface area contributed by atoms with Gasteiger partial charge in [0.1, 0.15) is 0 Å². The molecule has 0 bridgehead atoms. The van der Waals surface area contributed by atoms with Crippen molar-refractivity contribution in [3.8, 4) is 0 Å². The van der Waals surface area contributed by atoms with Crippen molar-refractivity contribution in [2.45, 2.75) is 25.9 Å². The molecule has 4 rings (SSSR count). The first-order valence-electron chi connectivity index (χ1n) is 9.51. The number of benzene rings is 2. The highest BCUT2D eigenvalue weighted by molar-refractivity contribution is 6.05. The van der Waals surface area contributed by atoms with Gasteiger partial charge in [-0.3, -0.25) is 9.59 Å². The molecular weight excluding hydrogens is 370 g/mol. The first-order valence-corrected chi connectivity index (χ1v) is 9.51. The lowest BCUT2D eigenvalue weighted by molar-refractivity contribution is -0.123. The highest BCUT2D eigenvalue weighted by atomic mass is 16.5. The van der Waals surface area contributed by atoms with E-state index in [2.05, 4.69) is 10.3 Å². The molecule has 1 aliphatic heterocycles. The van der Waals surface area contributed by atoms with Gasteiger partial charge in [0.05, 0.1) is 5.56 Å². The smallest absolute Gasteiger partial charge is 0.341 e. The minimum absolute atomic E-state index is 0.0782. The number of amides is 2. The number of esters is 1. The molecule has 0 spiro atoms. The number of anilines is 2. The van der Waals surface area contributed by atoms with E-state index >= 15 is 0 Å². The third-order valence-electron chi connectivity index (χ3n) is 4.96. The van der Waals surface area contributed by atoms with Gasteiger partial charge in [-0.2, -0.15) is 0 Å². The molecule has 2 N–H and O–H groups in total. The van der Waals surface area contributed by atoms with E-state index < -0.39 is 18.0 Å². The molecule has 0 radical (unpaired) electrons. The number of para-hydroxylation sites is 1. The van der Waals surface area contributed by atoms with Crippen LogP contribution in [-0.2, 0) is 14.3 Å². The summed E-state index contributed by atoms with van der Waals surface area (Å²) in [7, 11) is 0. The van der Waals surface area contributed by atoms with Gasteiger partial charge in [-0.1, -0.05) is 24.3 Å². The van der Waals surface area contributed by atoms with Crippen LogP contribution in [0.25, 0.3) is 10.9 Å². The molecule has 1 aliphatic rings. The van der Waals surface area contributed by atoms with E-state index in [1.165, 1.54) is 6.92 Å². The lowest BCUT2D eigenvalue weighted by Crippen LogP contribution is -2.30. The number of nitrogens with zero attached hydrogens (tertiary/aromatic N) is 1. The van der Waals surface area contributed by atoms with Crippen molar-refractivity contribution in [3.05, 3.63) is 60.3 Å². The number of carbonyl (C=O) groups is 3. The van der Waals surface area contributed by atoms with Crippen LogP contribution < -0.4 is 10.2 Å². The fraction of sp³-hybridized carbons (Fsp3) is 0.227. The van der Waals surface area contributed by atoms with Crippen LogP contribution in [0.2, 0.25) is 0 Å². The SMILES string of the molecule is C[C@@H](OC(=O)c1c[nH]c2ccccc12)C(=O)Nc1cccc(N2CCCC2=O)c1. The van der Waals surface area contributed by atoms with Crippen LogP contribution in [0.5, 0.6) is 0 Å². The van der Waals surface area contributed by atoms with Gasteiger partial charge in [0.25, 0.3) is 5.91 Å². The number of aromatic nitrogens is 1. The summed E-state index contributed by atoms with van der Waals surface area (Å²) >= 11 is 0. The van der Waals surface area contributed by atoms with Crippen molar-refractivity contribution < 1.29 is 19.1 Å². The standard InChI is InChI=1S/C22H21N3O4/c1-14(29-22(28)18-13-23-19-9-3-2-8-17(18)19)21(27)24-15-6-4-7-16(12-15)25-11-5-10-20(25)26/h2-4,6-9,12-14,23H,5,10-11H2,1H3,(H,24,27)/t14-/m1/s1. The minimum Gasteiger partial charge on any atom is -0.449 e. The van der Waals surface area contributed by atoms with Crippen molar-refractivity contribution in [2.75, 3.05) is 16.8 Å². The molecule has 3 aromatic rings. The molecule has 29 heavy (non-hydrogen) atoms. The predicted molar refractivity (Wildman–Crippen MR) is 110 cm³/mol. The van der Waals surface area contributed by atoms with Crippen LogP contribution in [0.3, 0.4) is 0 Å². The zero-order valence-electron chi connectivity index (χ0n) is 16.0. The van der Waals surface area contributed by atoms with Gasteiger partial charge in [-0.15, -0.1) is 0 Å². The predicted octanol–water partition coefficient (Wildman–Crippen LogP) is 3.48. The maximum absolute atomic E-state index is 12.5. The average molecular weight is 391 g/mol. The molecule has 1 atom stereocenters. The Bertz CT molecular complexity index is 1090. The number of hydrogen-bond acceptors (Lipinski definition) is 4. The summed E-state index contributed by atoms with van der Waals surface area (Å²) in [5.41, 5.74) is 2.50. The fourth-order valence-electron chi connectivity index (χ4n) is 3.43. The van der Waals surface area contributed by atoms with E-state index in [0.717, 1.165) is 23.0 Å². The second-order valence-corrected chi connectivity index (χ2v) is 6.98. The topological polar surface area (TPSA) is 91.5 Å². The Hall–Kier alpha value is -3.61. The zero-order valence-corrected chi connectivity index (χ0v) is 16.0. The van der Waals surface area contributed by atoms with Crippen molar-refractivity contribution >= 4 is 40.1 Å². The third-order valence-corrected chi connectivity index (χ3v) is 4.96. The highest BCUT2D eigenvalue weighted by Gasteiger charge is 2.23. The lowest BCUT2D eigenvalue weighted by Gasteiger charge is -2.18. The molecule has 7 heteroatoms. The van der Waals surface area contributed by atoms with Crippen LogP contribution in [0.1, 0.15) is 30.1 Å². The Balaban J connectivity index is 1.42. The number of carbonyl (C=O) groups excluding carboxylic acids is 3. The molecule has 7 nitrogen and oxygen atoms in total. The summed E-state index contributed by atoms with van der Waals surface area (Å²) in [5, 5.41) is 3.49. The number of nitrogens with one attached hydrogen (secondary N) is 2. The average Bonchev–Trinajstić information content (AvgIpc) is 3.34. The van der Waals surface area contributed by atoms with E-state index in [0.29, 0.717) is 24.2 Å². The van der Waals surface area contributed by atoms with Gasteiger partial charge < -0.3 is 19.9 Å². The molecule has 0 aliphatic carbocycles. The molecule has 148 valence electrons. The number of fused-ring (bicyclic) bond motifs is 1. The normalized spacial score (nSPS) is 14.8. The van der Waals surface area contributed by atoms with Crippen LogP contribution in [0.15, 0.2) is 54.7 Å². The van der Waals surface area contributed by atoms with Crippen LogP contribution >= 0.6 is 0 Å². The Kier molecular flexibility index (Phi) is 5.03. The maximum atomic E-state index is 12.5. The molecular formula is C22H21N3O4. The van der Waals surface area contributed by atoms with E-state index in [9.17, 15) is 14.4 Å². The van der Waals surface area contributed by atoms with Gasteiger partial charge in [0.15, 0.2) is 6.10 Å². The Morgan fingerprint density at radius 2 is 2.00 bits per heavy atom. The zero-order chi connectivity index (χ0) is 20.4. The van der Waals surface area contributed by atoms with Crippen LogP contribution in [-0.4, -0.2) is 35.4 Å². The summed E-state index contributed by atoms with van der Waals surface area (Å²) < 4.78 is 5.35. The third kappa shape index (κ3) is 3.85. The molecule has 2 amide bonds. The quantitative estimate of drug-likeness (QED) is 0.652. The number of H-pyrrole nitrogens is 1. The largest absolute Gasteiger partial charge is 0.449 e. The molecule has 2 heterocycles. The van der Waals surface area contributed by atoms with Gasteiger partial charge >= 0.3 is 5.97 Å². The van der Waals surface area contributed by atoms with E-state index in [1.54, 1.807) is 29.3 Å². The molecule has 1 saturated heterocycles. The highest BCUT2D eigenvalue weighted by Crippen LogP contribution is 2.24. The lowest BCUT2D eigenvalue weighted by atomic mass is 10.2. The van der Waals surface area contributed by atoms with Crippen molar-refractivity contribution in [1.82, 2.24) is 4.98 Å². The molecule has 0 saturated carbocycles. The summed E-state index contributed by atoms with van der Waals surface area (Å²) in [5.74, 6) is -0.931. The first-order chi connectivity index (χ1) is 14.0. The maximum Gasteiger partial charge on any atom is 0.341 e. The second kappa shape index (κ2) is 7.79. The van der Waals surface area contributed by atoms with E-state index in [4.69, 9.17) is 4.74 Å². The molecule has 1 fully saturated rings. The van der Waals surface area contributed by atoms with Gasteiger partial charge in [-0.25, -0.2) is 4.79 Å². The molecule has 0 unspecified atom stereocenters. The Morgan fingerprint density at radius 3 is 2.79 bits per heavy atom. The van der Waals surface area contributed by atoms with Gasteiger partial charge in [-0.05, 0) is 37.6 Å². The number of aromatic amines is 1. The summed E-state index contributed by atoms with van der Waals surface area (Å²) in [6, 6.07) is 14.5. The molecule has 1 aromatic heterocycles. The van der Waals surface area contributed by atoms with Crippen molar-refractivity contribution in [3.63, 3.8) is 0 Å². The Morgan fingerprint density at radius 1 is 1.17 bits per heavy atom. The minimum atomic E-state index is -0.978. The number of ether oxygens (including phenoxy) is 1. The summed E-state index contributed by atoms with van der Waals surface area (Å²) in [4.78, 5) is 41.6. The fourth-order valence-corrected chi connectivity index (χ4v) is 3.43. The van der Waals surface area contributed by atoms with Crippen molar-refractivity contribution in [1.29, 1.82) is 0 Å². The van der Waals surface area contributed by atoms with Crippen LogP contribution in [0, 0.1) is 0 Å². The van der Waals surface area contributed by atoms with Crippen LogP contribution in [0.4, 0.5) is 11.4 Å².